The SMILES string of the molecule is O=C(NCCc1c[nH]c2ccccc12)c1ccc(N2CCCC2)nn1. The zero-order valence-corrected chi connectivity index (χ0v) is 14.0. The number of carbonyl (C=O) groups excluding carboxylic acids is 1. The largest absolute Gasteiger partial charge is 0.361 e. The van der Waals surface area contributed by atoms with E-state index in [9.17, 15) is 4.79 Å². The third kappa shape index (κ3) is 3.33. The molecule has 4 rings (SSSR count). The molecule has 2 aromatic heterocycles. The minimum absolute atomic E-state index is 0.180. The molecule has 0 radical (unpaired) electrons. The average molecular weight is 335 g/mol. The lowest BCUT2D eigenvalue weighted by molar-refractivity contribution is 0.0948. The number of rotatable bonds is 5. The van der Waals surface area contributed by atoms with Crippen LogP contribution in [-0.4, -0.2) is 40.7 Å². The number of para-hydroxylation sites is 1. The van der Waals surface area contributed by atoms with E-state index >= 15 is 0 Å². The fraction of sp³-hybridized carbons (Fsp3) is 0.316. The Morgan fingerprint density at radius 1 is 1.12 bits per heavy atom. The van der Waals surface area contributed by atoms with Crippen molar-refractivity contribution >= 4 is 22.6 Å². The minimum Gasteiger partial charge on any atom is -0.361 e. The normalized spacial score (nSPS) is 14.2. The first-order valence-corrected chi connectivity index (χ1v) is 8.73. The second kappa shape index (κ2) is 6.93. The molecule has 0 spiro atoms. The number of hydrogen-bond donors (Lipinski definition) is 2. The van der Waals surface area contributed by atoms with Gasteiger partial charge in [0.1, 0.15) is 0 Å². The first-order valence-electron chi connectivity index (χ1n) is 8.73. The Balaban J connectivity index is 1.34. The molecule has 6 heteroatoms. The number of fused-ring (bicyclic) bond motifs is 1. The highest BCUT2D eigenvalue weighted by molar-refractivity contribution is 5.92. The van der Waals surface area contributed by atoms with Crippen LogP contribution in [0.1, 0.15) is 28.9 Å². The van der Waals surface area contributed by atoms with Crippen LogP contribution in [0.4, 0.5) is 5.82 Å². The fourth-order valence-corrected chi connectivity index (χ4v) is 3.30. The molecule has 0 aliphatic carbocycles. The van der Waals surface area contributed by atoms with Crippen LogP contribution in [0.15, 0.2) is 42.6 Å². The van der Waals surface area contributed by atoms with Crippen molar-refractivity contribution in [2.24, 2.45) is 0 Å². The predicted molar refractivity (Wildman–Crippen MR) is 97.8 cm³/mol. The molecule has 1 aliphatic rings. The number of anilines is 1. The molecule has 2 N–H and O–H groups in total. The molecule has 0 atom stereocenters. The van der Waals surface area contributed by atoms with Gasteiger partial charge in [-0.3, -0.25) is 4.79 Å². The number of hydrogen-bond acceptors (Lipinski definition) is 4. The summed E-state index contributed by atoms with van der Waals surface area (Å²) in [6.45, 7) is 2.60. The van der Waals surface area contributed by atoms with Crippen LogP contribution in [0.25, 0.3) is 10.9 Å². The van der Waals surface area contributed by atoms with Crippen molar-refractivity contribution in [3.05, 3.63) is 53.9 Å². The maximum atomic E-state index is 12.2. The number of carbonyl (C=O) groups is 1. The number of aromatic amines is 1. The van der Waals surface area contributed by atoms with E-state index in [2.05, 4.69) is 37.5 Å². The third-order valence-corrected chi connectivity index (χ3v) is 4.67. The van der Waals surface area contributed by atoms with E-state index in [-0.39, 0.29) is 5.91 Å². The van der Waals surface area contributed by atoms with E-state index in [1.54, 1.807) is 6.07 Å². The number of amides is 1. The summed E-state index contributed by atoms with van der Waals surface area (Å²) in [7, 11) is 0. The van der Waals surface area contributed by atoms with Gasteiger partial charge < -0.3 is 15.2 Å². The van der Waals surface area contributed by atoms with Crippen molar-refractivity contribution in [2.45, 2.75) is 19.3 Å². The number of nitrogens with zero attached hydrogens (tertiary/aromatic N) is 3. The Labute approximate surface area is 146 Å². The summed E-state index contributed by atoms with van der Waals surface area (Å²) >= 11 is 0. The molecule has 3 aromatic rings. The van der Waals surface area contributed by atoms with Crippen molar-refractivity contribution < 1.29 is 4.79 Å². The first-order chi connectivity index (χ1) is 12.3. The summed E-state index contributed by atoms with van der Waals surface area (Å²) in [6.07, 6.45) is 5.16. The van der Waals surface area contributed by atoms with Crippen LogP contribution in [0.5, 0.6) is 0 Å². The van der Waals surface area contributed by atoms with Gasteiger partial charge in [0.15, 0.2) is 11.5 Å². The van der Waals surface area contributed by atoms with Gasteiger partial charge >= 0.3 is 0 Å². The molecule has 1 aliphatic heterocycles. The van der Waals surface area contributed by atoms with Gasteiger partial charge in [-0.25, -0.2) is 0 Å². The van der Waals surface area contributed by atoms with Crippen LogP contribution >= 0.6 is 0 Å². The number of benzene rings is 1. The Hall–Kier alpha value is -2.89. The van der Waals surface area contributed by atoms with Gasteiger partial charge in [0, 0.05) is 36.7 Å². The highest BCUT2D eigenvalue weighted by Crippen LogP contribution is 2.18. The molecule has 1 fully saturated rings. The summed E-state index contributed by atoms with van der Waals surface area (Å²) in [5.74, 6) is 0.674. The number of nitrogens with one attached hydrogen (secondary N) is 2. The molecule has 128 valence electrons. The molecule has 1 aromatic carbocycles. The minimum atomic E-state index is -0.180. The van der Waals surface area contributed by atoms with E-state index in [0.29, 0.717) is 12.2 Å². The van der Waals surface area contributed by atoms with Crippen molar-refractivity contribution in [3.8, 4) is 0 Å². The fourth-order valence-electron chi connectivity index (χ4n) is 3.30. The molecular formula is C19H21N5O. The topological polar surface area (TPSA) is 73.9 Å². The second-order valence-corrected chi connectivity index (χ2v) is 6.34. The van der Waals surface area contributed by atoms with E-state index in [0.717, 1.165) is 30.8 Å². The van der Waals surface area contributed by atoms with Gasteiger partial charge in [-0.1, -0.05) is 18.2 Å². The van der Waals surface area contributed by atoms with E-state index in [1.165, 1.54) is 23.8 Å². The highest BCUT2D eigenvalue weighted by Gasteiger charge is 2.15. The Morgan fingerprint density at radius 2 is 1.96 bits per heavy atom. The summed E-state index contributed by atoms with van der Waals surface area (Å²) in [6, 6.07) is 11.8. The molecule has 25 heavy (non-hydrogen) atoms. The van der Waals surface area contributed by atoms with E-state index in [4.69, 9.17) is 0 Å². The highest BCUT2D eigenvalue weighted by atomic mass is 16.1. The molecule has 0 unspecified atom stereocenters. The third-order valence-electron chi connectivity index (χ3n) is 4.67. The van der Waals surface area contributed by atoms with Gasteiger partial charge in [-0.15, -0.1) is 10.2 Å². The van der Waals surface area contributed by atoms with Gasteiger partial charge in [0.05, 0.1) is 0 Å². The van der Waals surface area contributed by atoms with Gasteiger partial charge in [-0.05, 0) is 43.0 Å². The van der Waals surface area contributed by atoms with Crippen molar-refractivity contribution in [1.82, 2.24) is 20.5 Å². The lowest BCUT2D eigenvalue weighted by Crippen LogP contribution is -2.27. The van der Waals surface area contributed by atoms with E-state index in [1.807, 2.05) is 24.4 Å². The molecular weight excluding hydrogens is 314 g/mol. The molecule has 0 bridgehead atoms. The number of aromatic nitrogens is 3. The molecule has 1 saturated heterocycles. The lowest BCUT2D eigenvalue weighted by atomic mass is 10.1. The van der Waals surface area contributed by atoms with Crippen LogP contribution in [-0.2, 0) is 6.42 Å². The Kier molecular flexibility index (Phi) is 4.33. The number of H-pyrrole nitrogens is 1. The molecule has 1 amide bonds. The van der Waals surface area contributed by atoms with Crippen molar-refractivity contribution in [3.63, 3.8) is 0 Å². The molecule has 6 nitrogen and oxygen atoms in total. The molecule has 3 heterocycles. The van der Waals surface area contributed by atoms with Crippen LogP contribution in [0.2, 0.25) is 0 Å². The summed E-state index contributed by atoms with van der Waals surface area (Å²) in [4.78, 5) is 17.7. The maximum absolute atomic E-state index is 12.2. The van der Waals surface area contributed by atoms with Crippen molar-refractivity contribution in [1.29, 1.82) is 0 Å². The first kappa shape index (κ1) is 15.6. The van der Waals surface area contributed by atoms with Crippen LogP contribution < -0.4 is 10.2 Å². The monoisotopic (exact) mass is 335 g/mol. The summed E-state index contributed by atoms with van der Waals surface area (Å²) < 4.78 is 0. The van der Waals surface area contributed by atoms with Crippen LogP contribution in [0.3, 0.4) is 0 Å². The van der Waals surface area contributed by atoms with Crippen LogP contribution in [0, 0.1) is 0 Å². The van der Waals surface area contributed by atoms with Gasteiger partial charge in [0.2, 0.25) is 0 Å². The summed E-state index contributed by atoms with van der Waals surface area (Å²) in [5, 5.41) is 12.4. The smallest absolute Gasteiger partial charge is 0.271 e. The van der Waals surface area contributed by atoms with Gasteiger partial charge in [-0.2, -0.15) is 0 Å². The second-order valence-electron chi connectivity index (χ2n) is 6.34. The Bertz CT molecular complexity index is 865. The maximum Gasteiger partial charge on any atom is 0.271 e. The standard InChI is InChI=1S/C19H21N5O/c25-19(17-7-8-18(23-22-17)24-11-3-4-12-24)20-10-9-14-13-21-16-6-2-1-5-15(14)16/h1-2,5-8,13,21H,3-4,9-12H2,(H,20,25). The average Bonchev–Trinajstić information content (AvgIpc) is 3.32. The van der Waals surface area contributed by atoms with E-state index < -0.39 is 0 Å². The lowest BCUT2D eigenvalue weighted by Gasteiger charge is -2.15. The van der Waals surface area contributed by atoms with Crippen molar-refractivity contribution in [2.75, 3.05) is 24.5 Å². The predicted octanol–water partition coefficient (Wildman–Crippen LogP) is 2.53. The molecule has 0 saturated carbocycles. The van der Waals surface area contributed by atoms with Gasteiger partial charge in [0.25, 0.3) is 5.91 Å². The summed E-state index contributed by atoms with van der Waals surface area (Å²) in [5.41, 5.74) is 2.68. The zero-order chi connectivity index (χ0) is 17.1. The Morgan fingerprint density at radius 3 is 2.76 bits per heavy atom. The quantitative estimate of drug-likeness (QED) is 0.751. The zero-order valence-electron chi connectivity index (χ0n) is 14.0.